The van der Waals surface area contributed by atoms with Gasteiger partial charge in [-0.15, -0.1) is 0 Å². The van der Waals surface area contributed by atoms with E-state index in [9.17, 15) is 39.0 Å². The molecule has 0 aliphatic carbocycles. The van der Waals surface area contributed by atoms with Crippen LogP contribution in [-0.4, -0.2) is 109 Å². The highest BCUT2D eigenvalue weighted by Gasteiger charge is 2.51. The van der Waals surface area contributed by atoms with Gasteiger partial charge in [0, 0.05) is 6.20 Å². The zero-order chi connectivity index (χ0) is 32.2. The first kappa shape index (κ1) is 31.6. The van der Waals surface area contributed by atoms with Gasteiger partial charge in [0.1, 0.15) is 42.1 Å². The number of nitrogens with zero attached hydrogens (tertiary/aromatic N) is 6. The summed E-state index contributed by atoms with van der Waals surface area (Å²) in [6, 6.07) is 1.51. The summed E-state index contributed by atoms with van der Waals surface area (Å²) in [4.78, 5) is 50.8. The molecule has 2 fully saturated rings. The van der Waals surface area contributed by atoms with Crippen LogP contribution < -0.4 is 17.0 Å². The zero-order valence-electron chi connectivity index (χ0n) is 22.6. The van der Waals surface area contributed by atoms with E-state index in [-0.39, 0.29) is 34.0 Å². The number of nitrogen functional groups attached to an aromatic ring is 2. The number of nitrogens with one attached hydrogen (secondary N) is 1. The van der Waals surface area contributed by atoms with Gasteiger partial charge >= 0.3 is 16.1 Å². The Morgan fingerprint density at radius 2 is 1.71 bits per heavy atom. The van der Waals surface area contributed by atoms with Crippen molar-refractivity contribution < 1.29 is 57.3 Å². The summed E-state index contributed by atoms with van der Waals surface area (Å²) in [6.07, 6.45) is -8.29. The van der Waals surface area contributed by atoms with Crippen LogP contribution in [0.15, 0.2) is 29.7 Å². The highest BCUT2D eigenvalue weighted by atomic mass is 31.2. The number of hydrogen-bond donors (Lipinski definition) is 8. The molecule has 2 saturated heterocycles. The van der Waals surface area contributed by atoms with Crippen molar-refractivity contribution in [2.45, 2.75) is 49.1 Å². The third-order valence-corrected chi connectivity index (χ3v) is 8.65. The van der Waals surface area contributed by atoms with Crippen LogP contribution in [0.3, 0.4) is 0 Å². The van der Waals surface area contributed by atoms with Crippen molar-refractivity contribution in [1.82, 2.24) is 34.1 Å². The Balaban J connectivity index is 1.22. The van der Waals surface area contributed by atoms with Crippen molar-refractivity contribution in [3.05, 3.63) is 35.3 Å². The quantitative estimate of drug-likeness (QED) is 0.0806. The summed E-state index contributed by atoms with van der Waals surface area (Å²) in [5.41, 5.74) is 11.4. The van der Waals surface area contributed by atoms with Crippen molar-refractivity contribution in [2.75, 3.05) is 24.7 Å². The number of fused-ring (bicyclic) bond motifs is 2. The predicted octanol–water partition coefficient (Wildman–Crippen LogP) is -2.49. The molecular formula is C21H27N9O13P2. The first-order valence-corrected chi connectivity index (χ1v) is 15.8. The molecule has 0 radical (unpaired) electrons. The summed E-state index contributed by atoms with van der Waals surface area (Å²) in [6.45, 7) is -1.56. The number of hydrogen-bond acceptors (Lipinski definition) is 17. The predicted molar refractivity (Wildman–Crippen MR) is 148 cm³/mol. The molecule has 2 unspecified atom stereocenters. The molecule has 2 aliphatic heterocycles. The number of aromatic amines is 1. The Morgan fingerprint density at radius 3 is 2.42 bits per heavy atom. The van der Waals surface area contributed by atoms with Gasteiger partial charge in [-0.3, -0.25) is 32.5 Å². The molecule has 244 valence electrons. The van der Waals surface area contributed by atoms with Crippen LogP contribution in [0.25, 0.3) is 22.3 Å². The number of ether oxygens (including phenoxy) is 2. The van der Waals surface area contributed by atoms with Crippen molar-refractivity contribution in [2.24, 2.45) is 0 Å². The van der Waals surface area contributed by atoms with Gasteiger partial charge in [-0.1, -0.05) is 0 Å². The number of phosphoric ester groups is 1. The number of aliphatic hydroxyl groups excluding tert-OH is 3. The number of aliphatic hydroxyl groups is 3. The van der Waals surface area contributed by atoms with Gasteiger partial charge < -0.3 is 50.6 Å². The maximum absolute atomic E-state index is 13.2. The number of imidazole rings is 2. The molecule has 10 atom stereocenters. The van der Waals surface area contributed by atoms with E-state index in [1.165, 1.54) is 23.2 Å². The van der Waals surface area contributed by atoms with Gasteiger partial charge in [0.2, 0.25) is 5.95 Å². The molecular weight excluding hydrogens is 648 g/mol. The monoisotopic (exact) mass is 675 g/mol. The van der Waals surface area contributed by atoms with E-state index in [0.29, 0.717) is 0 Å². The first-order chi connectivity index (χ1) is 21.4. The Morgan fingerprint density at radius 1 is 1.02 bits per heavy atom. The average molecular weight is 675 g/mol. The molecule has 24 heteroatoms. The van der Waals surface area contributed by atoms with Crippen LogP contribution in [0.5, 0.6) is 0 Å². The van der Waals surface area contributed by atoms with E-state index in [4.69, 9.17) is 34.5 Å². The van der Waals surface area contributed by atoms with E-state index in [1.807, 2.05) is 0 Å². The topological polar surface area (TPSA) is 328 Å². The second kappa shape index (κ2) is 12.1. The Bertz CT molecular complexity index is 1850. The van der Waals surface area contributed by atoms with Crippen LogP contribution in [0.1, 0.15) is 12.5 Å². The average Bonchev–Trinajstić information content (AvgIpc) is 3.73. The molecule has 45 heavy (non-hydrogen) atoms. The first-order valence-electron chi connectivity index (χ1n) is 13.0. The van der Waals surface area contributed by atoms with E-state index in [0.717, 1.165) is 10.9 Å². The fraction of sp³-hybridized carbons (Fsp3) is 0.476. The summed E-state index contributed by atoms with van der Waals surface area (Å²) in [5.74, 6) is -0.276. The highest BCUT2D eigenvalue weighted by molar-refractivity contribution is 7.47. The summed E-state index contributed by atoms with van der Waals surface area (Å²) in [5, 5.41) is 31.4. The summed E-state index contributed by atoms with van der Waals surface area (Å²) < 4.78 is 53.9. The van der Waals surface area contributed by atoms with Crippen LogP contribution in [0, 0.1) is 0 Å². The summed E-state index contributed by atoms with van der Waals surface area (Å²) in [7, 11) is -8.81. The van der Waals surface area contributed by atoms with Gasteiger partial charge in [-0.2, -0.15) is 4.98 Å². The Kier molecular flexibility index (Phi) is 8.50. The van der Waals surface area contributed by atoms with E-state index in [2.05, 4.69) is 24.9 Å². The third kappa shape index (κ3) is 5.87. The fourth-order valence-electron chi connectivity index (χ4n) is 5.17. The minimum atomic E-state index is -5.16. The molecule has 0 saturated carbocycles. The zero-order valence-corrected chi connectivity index (χ0v) is 24.5. The lowest BCUT2D eigenvalue weighted by atomic mass is 10.1. The minimum absolute atomic E-state index is 0.115. The lowest BCUT2D eigenvalue weighted by Crippen LogP contribution is -2.36. The second-order valence-electron chi connectivity index (χ2n) is 9.98. The molecule has 22 nitrogen and oxygen atoms in total. The number of pyridine rings is 1. The van der Waals surface area contributed by atoms with Crippen molar-refractivity contribution in [3.8, 4) is 0 Å². The van der Waals surface area contributed by atoms with Gasteiger partial charge in [-0.25, -0.2) is 19.5 Å². The van der Waals surface area contributed by atoms with Crippen LogP contribution in [-0.2, 0) is 32.2 Å². The molecule has 0 spiro atoms. The molecule has 0 aromatic carbocycles. The highest BCUT2D eigenvalue weighted by Crippen LogP contribution is 2.50. The smallest absolute Gasteiger partial charge is 0.397 e. The number of rotatable bonds is 10. The molecule has 4 aromatic rings. The Hall–Kier alpha value is -3.37. The molecule has 10 N–H and O–H groups in total. The molecule has 2 aliphatic rings. The van der Waals surface area contributed by atoms with E-state index >= 15 is 0 Å². The van der Waals surface area contributed by atoms with Gasteiger partial charge in [0.15, 0.2) is 29.3 Å². The van der Waals surface area contributed by atoms with Crippen LogP contribution >= 0.6 is 16.1 Å². The Labute approximate surface area is 250 Å². The minimum Gasteiger partial charge on any atom is -0.397 e. The second-order valence-corrected chi connectivity index (χ2v) is 12.1. The van der Waals surface area contributed by atoms with Crippen LogP contribution in [0.2, 0.25) is 0 Å². The number of anilines is 2. The number of phosphoric acid groups is 1. The lowest BCUT2D eigenvalue weighted by Gasteiger charge is -2.25. The van der Waals surface area contributed by atoms with E-state index in [1.54, 1.807) is 0 Å². The van der Waals surface area contributed by atoms with Crippen molar-refractivity contribution in [3.63, 3.8) is 0 Å². The number of aromatic nitrogens is 7. The molecule has 6 rings (SSSR count). The van der Waals surface area contributed by atoms with Gasteiger partial charge in [0.25, 0.3) is 5.56 Å². The third-order valence-electron chi connectivity index (χ3n) is 7.19. The molecule has 6 heterocycles. The largest absolute Gasteiger partial charge is 0.472 e. The van der Waals surface area contributed by atoms with Crippen molar-refractivity contribution >= 4 is 50.0 Å². The molecule has 0 bridgehead atoms. The maximum atomic E-state index is 13.2. The standard InChI is InChI=1S/C21H27N9O13P2/c22-7-1-2-24-16-10(7)25-5-29(16)19-13(33)14(42-44(35)36)9(41-19)4-39-45(37,38)43-15-12(32)8(3-31)40-20(15)30-6-26-11-17(30)27-21(23)28-18(11)34/h1-2,5-6,8-9,12-15,19-20,31-33,44H,3-4H2,(H2,22,24)(H,35,36)(H,37,38)(H3,23,27,28,34)/t8-,9-,12-,13-,14-,15-,19-,20-/m1/s1. The molecule has 4 aromatic heterocycles. The van der Waals surface area contributed by atoms with Crippen LogP contribution in [0.4, 0.5) is 11.6 Å². The fourth-order valence-corrected chi connectivity index (χ4v) is 6.63. The SMILES string of the molecule is Nc1nc2c(ncn2[C@@H]2O[C@H](CO)[C@@H](O)[C@H]2OP(=O)(O)OC[C@H]2O[C@@H](n3cnc4c(N)ccnc43)[C@H](O)[C@@H]2O[PH](=O)O)c(=O)[nH]1. The van der Waals surface area contributed by atoms with E-state index < -0.39 is 83.9 Å². The van der Waals surface area contributed by atoms with Crippen molar-refractivity contribution in [1.29, 1.82) is 0 Å². The molecule has 0 amide bonds. The summed E-state index contributed by atoms with van der Waals surface area (Å²) >= 11 is 0. The van der Waals surface area contributed by atoms with Gasteiger partial charge in [0.05, 0.1) is 31.6 Å². The number of nitrogens with two attached hydrogens (primary N) is 2. The maximum Gasteiger partial charge on any atom is 0.472 e. The normalized spacial score (nSPS) is 30.7. The number of H-pyrrole nitrogens is 1. The lowest BCUT2D eigenvalue weighted by molar-refractivity contribution is -0.0609. The van der Waals surface area contributed by atoms with Gasteiger partial charge in [-0.05, 0) is 6.07 Å².